The van der Waals surface area contributed by atoms with E-state index >= 15 is 0 Å². The molecule has 0 amide bonds. The molecule has 0 radical (unpaired) electrons. The minimum atomic E-state index is 0.108. The van der Waals surface area contributed by atoms with Crippen molar-refractivity contribution in [3.05, 3.63) is 38.6 Å². The first-order chi connectivity index (χ1) is 7.29. The van der Waals surface area contributed by atoms with Gasteiger partial charge in [-0.25, -0.2) is 0 Å². The monoisotopic (exact) mass is 312 g/mol. The normalized spacial score (nSPS) is 12.7. The summed E-state index contributed by atoms with van der Waals surface area (Å²) < 4.78 is 1.05. The van der Waals surface area contributed by atoms with E-state index in [1.54, 1.807) is 0 Å². The average Bonchev–Trinajstić information content (AvgIpc) is 2.78. The molecule has 15 heavy (non-hydrogen) atoms. The highest BCUT2D eigenvalue weighted by Crippen LogP contribution is 2.37. The van der Waals surface area contributed by atoms with Crippen LogP contribution in [0.15, 0.2) is 18.2 Å². The lowest BCUT2D eigenvalue weighted by molar-refractivity contribution is 0.282. The van der Waals surface area contributed by atoms with Gasteiger partial charge in [0.05, 0.1) is 12.3 Å². The number of rotatable bonds is 1. The average molecular weight is 312 g/mol. The van der Waals surface area contributed by atoms with E-state index in [4.69, 9.17) is 5.11 Å². The Hall–Kier alpha value is -0.880. The molecule has 0 unspecified atom stereocenters. The van der Waals surface area contributed by atoms with Gasteiger partial charge in [-0.1, -0.05) is 18.2 Å². The van der Waals surface area contributed by atoms with E-state index in [2.05, 4.69) is 44.9 Å². The molecule has 0 bridgehead atoms. The number of H-pyrrole nitrogens is 1. The molecular formula is C11H9IN2O. The zero-order chi connectivity index (χ0) is 10.4. The van der Waals surface area contributed by atoms with Crippen LogP contribution in [-0.4, -0.2) is 15.3 Å². The summed E-state index contributed by atoms with van der Waals surface area (Å²) in [6, 6.07) is 6.09. The highest BCUT2D eigenvalue weighted by molar-refractivity contribution is 14.1. The van der Waals surface area contributed by atoms with E-state index in [0.29, 0.717) is 0 Å². The van der Waals surface area contributed by atoms with E-state index in [9.17, 15) is 0 Å². The van der Waals surface area contributed by atoms with Gasteiger partial charge in [0.1, 0.15) is 3.70 Å². The maximum Gasteiger partial charge on any atom is 0.127 e. The van der Waals surface area contributed by atoms with Gasteiger partial charge >= 0.3 is 0 Å². The highest BCUT2D eigenvalue weighted by atomic mass is 127. The molecule has 0 atom stereocenters. The van der Waals surface area contributed by atoms with Gasteiger partial charge in [-0.3, -0.25) is 5.10 Å². The maximum atomic E-state index is 9.07. The van der Waals surface area contributed by atoms with Gasteiger partial charge in [-0.2, -0.15) is 5.10 Å². The second-order valence-electron chi connectivity index (χ2n) is 3.69. The number of aromatic amines is 1. The van der Waals surface area contributed by atoms with Crippen molar-refractivity contribution in [2.75, 3.05) is 0 Å². The Labute approximate surface area is 101 Å². The molecule has 1 aliphatic carbocycles. The van der Waals surface area contributed by atoms with Crippen LogP contribution < -0.4 is 0 Å². The molecule has 1 aromatic carbocycles. The van der Waals surface area contributed by atoms with Crippen LogP contribution in [0.2, 0.25) is 0 Å². The lowest BCUT2D eigenvalue weighted by atomic mass is 10.1. The van der Waals surface area contributed by atoms with E-state index in [1.165, 1.54) is 16.7 Å². The van der Waals surface area contributed by atoms with Crippen molar-refractivity contribution in [3.63, 3.8) is 0 Å². The Kier molecular flexibility index (Phi) is 2.07. The summed E-state index contributed by atoms with van der Waals surface area (Å²) in [6.45, 7) is 0.108. The van der Waals surface area contributed by atoms with Gasteiger partial charge in [-0.05, 0) is 33.7 Å². The van der Waals surface area contributed by atoms with Gasteiger partial charge in [0.15, 0.2) is 0 Å². The number of aliphatic hydroxyl groups excluding tert-OH is 1. The van der Waals surface area contributed by atoms with Crippen molar-refractivity contribution in [2.45, 2.75) is 13.0 Å². The summed E-state index contributed by atoms with van der Waals surface area (Å²) in [7, 11) is 0. The topological polar surface area (TPSA) is 48.9 Å². The Morgan fingerprint density at radius 2 is 2.33 bits per heavy atom. The molecule has 0 spiro atoms. The maximum absolute atomic E-state index is 9.07. The molecule has 2 aromatic rings. The standard InChI is InChI=1S/C11H9IN2O/c12-11-9-4-7-3-6(5-15)1-2-8(7)10(9)13-14-11/h1-3,15H,4-5H2,(H,13,14). The number of nitrogens with one attached hydrogen (secondary N) is 1. The summed E-state index contributed by atoms with van der Waals surface area (Å²) in [5.41, 5.74) is 5.89. The van der Waals surface area contributed by atoms with Crippen LogP contribution in [0.3, 0.4) is 0 Å². The minimum absolute atomic E-state index is 0.108. The van der Waals surface area contributed by atoms with Crippen molar-refractivity contribution in [3.8, 4) is 11.3 Å². The predicted octanol–water partition coefficient (Wildman–Crippen LogP) is 2.08. The third-order valence-electron chi connectivity index (χ3n) is 2.81. The first kappa shape index (κ1) is 9.35. The number of aliphatic hydroxyl groups is 1. The Balaban J connectivity index is 2.18. The lowest BCUT2D eigenvalue weighted by Crippen LogP contribution is -1.88. The van der Waals surface area contributed by atoms with Crippen LogP contribution in [0, 0.1) is 3.70 Å². The van der Waals surface area contributed by atoms with E-state index in [1.807, 2.05) is 6.07 Å². The Bertz CT molecular complexity index is 533. The summed E-state index contributed by atoms with van der Waals surface area (Å²) in [5.74, 6) is 0. The zero-order valence-electron chi connectivity index (χ0n) is 7.92. The van der Waals surface area contributed by atoms with Crippen molar-refractivity contribution >= 4 is 22.6 Å². The third kappa shape index (κ3) is 1.32. The molecule has 0 fully saturated rings. The van der Waals surface area contributed by atoms with Crippen molar-refractivity contribution in [1.82, 2.24) is 10.2 Å². The number of hydrogen-bond donors (Lipinski definition) is 2. The smallest absolute Gasteiger partial charge is 0.127 e. The number of benzene rings is 1. The summed E-state index contributed by atoms with van der Waals surface area (Å²) >= 11 is 2.25. The van der Waals surface area contributed by atoms with Crippen molar-refractivity contribution in [2.24, 2.45) is 0 Å². The number of hydrogen-bond acceptors (Lipinski definition) is 2. The SMILES string of the molecule is OCc1ccc2c(c1)Cc1c(I)n[nH]c1-2. The molecule has 1 aromatic heterocycles. The molecule has 76 valence electrons. The first-order valence-electron chi connectivity index (χ1n) is 4.75. The lowest BCUT2D eigenvalue weighted by Gasteiger charge is -2.01. The second kappa shape index (κ2) is 3.31. The van der Waals surface area contributed by atoms with Crippen LogP contribution in [0.4, 0.5) is 0 Å². The molecule has 1 heterocycles. The van der Waals surface area contributed by atoms with Crippen LogP contribution in [0.5, 0.6) is 0 Å². The molecule has 4 heteroatoms. The summed E-state index contributed by atoms with van der Waals surface area (Å²) in [6.07, 6.45) is 0.924. The Morgan fingerprint density at radius 3 is 3.13 bits per heavy atom. The fraction of sp³-hybridized carbons (Fsp3) is 0.182. The predicted molar refractivity (Wildman–Crippen MR) is 65.5 cm³/mol. The summed E-state index contributed by atoms with van der Waals surface area (Å²) in [4.78, 5) is 0. The molecule has 0 saturated carbocycles. The number of fused-ring (bicyclic) bond motifs is 3. The second-order valence-corrected chi connectivity index (χ2v) is 4.72. The quantitative estimate of drug-likeness (QED) is 0.676. The number of nitrogens with zero attached hydrogens (tertiary/aromatic N) is 1. The number of halogens is 1. The first-order valence-corrected chi connectivity index (χ1v) is 5.83. The van der Waals surface area contributed by atoms with Crippen LogP contribution in [0.25, 0.3) is 11.3 Å². The molecule has 0 aliphatic heterocycles. The van der Waals surface area contributed by atoms with Gasteiger partial charge in [0.25, 0.3) is 0 Å². The van der Waals surface area contributed by atoms with E-state index in [-0.39, 0.29) is 6.61 Å². The van der Waals surface area contributed by atoms with Crippen molar-refractivity contribution < 1.29 is 5.11 Å². The molecule has 3 nitrogen and oxygen atoms in total. The molecular weight excluding hydrogens is 303 g/mol. The summed E-state index contributed by atoms with van der Waals surface area (Å²) in [5, 5.41) is 16.3. The van der Waals surface area contributed by atoms with Gasteiger partial charge in [-0.15, -0.1) is 0 Å². The van der Waals surface area contributed by atoms with Gasteiger partial charge in [0, 0.05) is 17.5 Å². The fourth-order valence-corrected chi connectivity index (χ4v) is 2.63. The molecule has 1 aliphatic rings. The highest BCUT2D eigenvalue weighted by Gasteiger charge is 2.23. The fourth-order valence-electron chi connectivity index (χ4n) is 2.05. The zero-order valence-corrected chi connectivity index (χ0v) is 10.1. The largest absolute Gasteiger partial charge is 0.392 e. The van der Waals surface area contributed by atoms with Crippen LogP contribution >= 0.6 is 22.6 Å². The molecule has 0 saturated heterocycles. The Morgan fingerprint density at radius 1 is 1.47 bits per heavy atom. The van der Waals surface area contributed by atoms with Gasteiger partial charge in [0.2, 0.25) is 0 Å². The molecule has 3 rings (SSSR count). The van der Waals surface area contributed by atoms with Crippen LogP contribution in [0.1, 0.15) is 16.7 Å². The minimum Gasteiger partial charge on any atom is -0.392 e. The van der Waals surface area contributed by atoms with Gasteiger partial charge < -0.3 is 5.11 Å². The van der Waals surface area contributed by atoms with Crippen LogP contribution in [-0.2, 0) is 13.0 Å². The van der Waals surface area contributed by atoms with E-state index in [0.717, 1.165) is 21.4 Å². The third-order valence-corrected chi connectivity index (χ3v) is 3.70. The molecule has 2 N–H and O–H groups in total. The van der Waals surface area contributed by atoms with Crippen molar-refractivity contribution in [1.29, 1.82) is 0 Å². The van der Waals surface area contributed by atoms with E-state index < -0.39 is 0 Å². The number of aromatic nitrogens is 2.